The molecule has 7 nitrogen and oxygen atoms in total. The summed E-state index contributed by atoms with van der Waals surface area (Å²) in [5, 5.41) is 0. The molecule has 0 aliphatic carbocycles. The first-order valence-electron chi connectivity index (χ1n) is 8.09. The normalized spacial score (nSPS) is 11.5. The van der Waals surface area contributed by atoms with Crippen LogP contribution in [0, 0.1) is 6.92 Å². The SMILES string of the molecule is Cc1ccc(S(=O)(=O)Oc2c(C(=O)OC(C)(C)C)ccc(N=C=O)c2Br)cc1. The van der Waals surface area contributed by atoms with Crippen molar-refractivity contribution >= 4 is 43.8 Å². The van der Waals surface area contributed by atoms with Crippen molar-refractivity contribution in [2.24, 2.45) is 4.99 Å². The van der Waals surface area contributed by atoms with Crippen LogP contribution in [0.5, 0.6) is 5.75 Å². The summed E-state index contributed by atoms with van der Waals surface area (Å²) < 4.78 is 36.0. The number of hydrogen-bond acceptors (Lipinski definition) is 7. The monoisotopic (exact) mass is 467 g/mol. The van der Waals surface area contributed by atoms with Gasteiger partial charge < -0.3 is 8.92 Å². The minimum atomic E-state index is -4.26. The second-order valence-electron chi connectivity index (χ2n) is 6.83. The lowest BCUT2D eigenvalue weighted by molar-refractivity contribution is 0.00679. The lowest BCUT2D eigenvalue weighted by Gasteiger charge is -2.21. The molecule has 148 valence electrons. The summed E-state index contributed by atoms with van der Waals surface area (Å²) in [7, 11) is -4.26. The molecular formula is C19H18BrNO6S. The third-order valence-corrected chi connectivity index (χ3v) is 5.37. The zero-order valence-electron chi connectivity index (χ0n) is 15.6. The molecule has 0 radical (unpaired) electrons. The van der Waals surface area contributed by atoms with Crippen molar-refractivity contribution in [3.63, 3.8) is 0 Å². The van der Waals surface area contributed by atoms with Crippen molar-refractivity contribution in [1.29, 1.82) is 0 Å². The fraction of sp³-hybridized carbons (Fsp3) is 0.263. The number of nitrogens with zero attached hydrogens (tertiary/aromatic N) is 1. The molecule has 0 heterocycles. The summed E-state index contributed by atoms with van der Waals surface area (Å²) in [5.74, 6) is -1.12. The van der Waals surface area contributed by atoms with E-state index in [4.69, 9.17) is 8.92 Å². The summed E-state index contributed by atoms with van der Waals surface area (Å²) in [6, 6.07) is 8.63. The highest BCUT2D eigenvalue weighted by atomic mass is 79.9. The average Bonchev–Trinajstić information content (AvgIpc) is 2.57. The van der Waals surface area contributed by atoms with Crippen LogP contribution in [0.1, 0.15) is 36.7 Å². The summed E-state index contributed by atoms with van der Waals surface area (Å²) in [4.78, 5) is 26.5. The van der Waals surface area contributed by atoms with Gasteiger partial charge in [-0.3, -0.25) is 0 Å². The minimum absolute atomic E-state index is 0.00916. The number of isocyanates is 1. The Balaban J connectivity index is 2.58. The third-order valence-electron chi connectivity index (χ3n) is 3.36. The first kappa shape index (κ1) is 21.8. The van der Waals surface area contributed by atoms with Crippen LogP contribution < -0.4 is 4.18 Å². The molecule has 28 heavy (non-hydrogen) atoms. The van der Waals surface area contributed by atoms with Gasteiger partial charge in [-0.25, -0.2) is 9.59 Å². The van der Waals surface area contributed by atoms with Crippen LogP contribution in [0.4, 0.5) is 5.69 Å². The molecule has 2 rings (SSSR count). The molecule has 9 heteroatoms. The van der Waals surface area contributed by atoms with E-state index in [1.165, 1.54) is 30.3 Å². The Hall–Kier alpha value is -2.48. The molecule has 0 unspecified atom stereocenters. The van der Waals surface area contributed by atoms with Gasteiger partial charge in [-0.05, 0) is 67.9 Å². The van der Waals surface area contributed by atoms with E-state index < -0.39 is 21.7 Å². The van der Waals surface area contributed by atoms with E-state index in [0.717, 1.165) is 5.56 Å². The quantitative estimate of drug-likeness (QED) is 0.278. The van der Waals surface area contributed by atoms with Crippen molar-refractivity contribution in [2.45, 2.75) is 38.2 Å². The minimum Gasteiger partial charge on any atom is -0.456 e. The molecule has 0 saturated carbocycles. The lowest BCUT2D eigenvalue weighted by atomic mass is 10.1. The Morgan fingerprint density at radius 1 is 1.11 bits per heavy atom. The molecule has 0 spiro atoms. The first-order valence-corrected chi connectivity index (χ1v) is 10.3. The molecular weight excluding hydrogens is 450 g/mol. The van der Waals surface area contributed by atoms with Crippen molar-refractivity contribution in [2.75, 3.05) is 0 Å². The second kappa shape index (κ2) is 8.26. The van der Waals surface area contributed by atoms with Gasteiger partial charge in [0.2, 0.25) is 6.08 Å². The number of halogens is 1. The van der Waals surface area contributed by atoms with E-state index >= 15 is 0 Å². The van der Waals surface area contributed by atoms with E-state index in [2.05, 4.69) is 20.9 Å². The Kier molecular flexibility index (Phi) is 6.44. The second-order valence-corrected chi connectivity index (χ2v) is 9.17. The van der Waals surface area contributed by atoms with Gasteiger partial charge in [0.15, 0.2) is 5.75 Å². The van der Waals surface area contributed by atoms with Crippen LogP contribution in [-0.2, 0) is 19.6 Å². The Labute approximate surface area is 171 Å². The van der Waals surface area contributed by atoms with E-state index in [1.54, 1.807) is 32.9 Å². The van der Waals surface area contributed by atoms with Crippen LogP contribution in [-0.4, -0.2) is 26.1 Å². The van der Waals surface area contributed by atoms with Crippen molar-refractivity contribution in [3.8, 4) is 5.75 Å². The predicted octanol–water partition coefficient (Wildman–Crippen LogP) is 4.45. The average molecular weight is 468 g/mol. The van der Waals surface area contributed by atoms with Gasteiger partial charge in [0.05, 0.1) is 10.2 Å². The maximum absolute atomic E-state index is 12.7. The third kappa shape index (κ3) is 5.28. The van der Waals surface area contributed by atoms with E-state index in [0.29, 0.717) is 0 Å². The number of hydrogen-bond donors (Lipinski definition) is 0. The Morgan fingerprint density at radius 3 is 2.25 bits per heavy atom. The van der Waals surface area contributed by atoms with Gasteiger partial charge in [0.25, 0.3) is 0 Å². The summed E-state index contributed by atoms with van der Waals surface area (Å²) >= 11 is 3.15. The molecule has 0 fully saturated rings. The highest BCUT2D eigenvalue weighted by Gasteiger charge is 2.28. The summed E-state index contributed by atoms with van der Waals surface area (Å²) in [5.41, 5.74) is -0.0216. The van der Waals surface area contributed by atoms with Crippen molar-refractivity contribution in [1.82, 2.24) is 0 Å². The number of rotatable bonds is 5. The number of aliphatic imine (C=N–C) groups is 1. The number of carbonyl (C=O) groups excluding carboxylic acids is 2. The van der Waals surface area contributed by atoms with Gasteiger partial charge in [-0.2, -0.15) is 13.4 Å². The van der Waals surface area contributed by atoms with Gasteiger partial charge in [0.1, 0.15) is 16.1 Å². The summed E-state index contributed by atoms with van der Waals surface area (Å²) in [6.07, 6.45) is 1.36. The number of carbonyl (C=O) groups is 1. The number of benzene rings is 2. The Morgan fingerprint density at radius 2 is 1.71 bits per heavy atom. The maximum Gasteiger partial charge on any atom is 0.342 e. The van der Waals surface area contributed by atoms with E-state index in [9.17, 15) is 18.0 Å². The highest BCUT2D eigenvalue weighted by molar-refractivity contribution is 9.10. The van der Waals surface area contributed by atoms with E-state index in [1.807, 2.05) is 6.92 Å². The van der Waals surface area contributed by atoms with Crippen molar-refractivity contribution < 1.29 is 26.9 Å². The maximum atomic E-state index is 12.7. The van der Waals surface area contributed by atoms with Gasteiger partial charge >= 0.3 is 16.1 Å². The molecule has 0 aromatic heterocycles. The Bertz CT molecular complexity index is 1050. The number of esters is 1. The topological polar surface area (TPSA) is 99.1 Å². The zero-order chi connectivity index (χ0) is 21.1. The van der Waals surface area contributed by atoms with Crippen LogP contribution in [0.2, 0.25) is 0 Å². The summed E-state index contributed by atoms with van der Waals surface area (Å²) in [6.45, 7) is 6.84. The molecule has 2 aromatic carbocycles. The van der Waals surface area contributed by atoms with Crippen LogP contribution >= 0.6 is 15.9 Å². The first-order chi connectivity index (χ1) is 12.9. The fourth-order valence-corrected chi connectivity index (χ4v) is 3.70. The smallest absolute Gasteiger partial charge is 0.342 e. The molecule has 0 amide bonds. The van der Waals surface area contributed by atoms with Crippen LogP contribution in [0.3, 0.4) is 0 Å². The standard InChI is InChI=1S/C19H18BrNO6S/c1-12-5-7-13(8-6-12)28(24,25)27-17-14(18(23)26-19(2,3)4)9-10-15(16(17)20)21-11-22/h5-10H,1-4H3. The predicted molar refractivity (Wildman–Crippen MR) is 106 cm³/mol. The van der Waals surface area contributed by atoms with Gasteiger partial charge in [-0.15, -0.1) is 0 Å². The largest absolute Gasteiger partial charge is 0.456 e. The lowest BCUT2D eigenvalue weighted by Crippen LogP contribution is -2.24. The van der Waals surface area contributed by atoms with E-state index in [-0.39, 0.29) is 26.4 Å². The zero-order valence-corrected chi connectivity index (χ0v) is 18.0. The molecule has 0 saturated heterocycles. The number of aryl methyl sites for hydroxylation is 1. The highest BCUT2D eigenvalue weighted by Crippen LogP contribution is 2.39. The van der Waals surface area contributed by atoms with Crippen LogP contribution in [0.15, 0.2) is 50.8 Å². The van der Waals surface area contributed by atoms with Crippen molar-refractivity contribution in [3.05, 3.63) is 52.0 Å². The van der Waals surface area contributed by atoms with Gasteiger partial charge in [-0.1, -0.05) is 17.7 Å². The molecule has 0 aliphatic rings. The number of ether oxygens (including phenoxy) is 1. The molecule has 0 atom stereocenters. The molecule has 0 bridgehead atoms. The van der Waals surface area contributed by atoms with Gasteiger partial charge in [0, 0.05) is 0 Å². The molecule has 2 aromatic rings. The fourth-order valence-electron chi connectivity index (χ4n) is 2.12. The van der Waals surface area contributed by atoms with Crippen LogP contribution in [0.25, 0.3) is 0 Å². The molecule has 0 aliphatic heterocycles. The molecule has 0 N–H and O–H groups in total.